The Bertz CT molecular complexity index is 598. The van der Waals surface area contributed by atoms with E-state index in [1.54, 1.807) is 0 Å². The van der Waals surface area contributed by atoms with Gasteiger partial charge in [0.15, 0.2) is 5.96 Å². The quantitative estimate of drug-likeness (QED) is 0.558. The van der Waals surface area contributed by atoms with Gasteiger partial charge in [-0.05, 0) is 38.3 Å². The summed E-state index contributed by atoms with van der Waals surface area (Å²) >= 11 is 0. The molecule has 2 atom stereocenters. The first-order valence-corrected chi connectivity index (χ1v) is 9.64. The molecule has 1 aliphatic rings. The molecule has 0 amide bonds. The zero-order chi connectivity index (χ0) is 19.9. The number of benzene rings is 1. The maximum absolute atomic E-state index is 12.5. The Labute approximate surface area is 160 Å². The van der Waals surface area contributed by atoms with Gasteiger partial charge in [-0.3, -0.25) is 9.89 Å². The van der Waals surface area contributed by atoms with Gasteiger partial charge in [-0.1, -0.05) is 36.8 Å². The third kappa shape index (κ3) is 7.79. The number of nitrogens with one attached hydrogen (secondary N) is 2. The lowest BCUT2D eigenvalue weighted by atomic mass is 10.0. The molecule has 7 heteroatoms. The number of hydrogen-bond donors (Lipinski definition) is 2. The summed E-state index contributed by atoms with van der Waals surface area (Å²) in [5.74, 6) is 1.24. The van der Waals surface area contributed by atoms with Gasteiger partial charge in [0.05, 0.1) is 6.54 Å². The minimum absolute atomic E-state index is 0.214. The van der Waals surface area contributed by atoms with Gasteiger partial charge in [0.1, 0.15) is 0 Å². The molecule has 0 spiro atoms. The molecule has 4 nitrogen and oxygen atoms in total. The SMILES string of the molecule is CCNC(=NCC(C)c1ccc(C)cc1)NCC1CCN(CC(F)(F)F)C1. The van der Waals surface area contributed by atoms with Crippen molar-refractivity contribution >= 4 is 5.96 Å². The second kappa shape index (κ2) is 9.97. The monoisotopic (exact) mass is 384 g/mol. The van der Waals surface area contributed by atoms with Crippen molar-refractivity contribution in [3.63, 3.8) is 0 Å². The fourth-order valence-corrected chi connectivity index (χ4v) is 3.29. The topological polar surface area (TPSA) is 39.7 Å². The summed E-state index contributed by atoms with van der Waals surface area (Å²) < 4.78 is 37.5. The molecule has 27 heavy (non-hydrogen) atoms. The number of likely N-dealkylation sites (tertiary alicyclic amines) is 1. The third-order valence-corrected chi connectivity index (χ3v) is 4.84. The van der Waals surface area contributed by atoms with Crippen LogP contribution in [0.2, 0.25) is 0 Å². The van der Waals surface area contributed by atoms with Crippen LogP contribution >= 0.6 is 0 Å². The fraction of sp³-hybridized carbons (Fsp3) is 0.650. The van der Waals surface area contributed by atoms with Crippen LogP contribution in [0, 0.1) is 12.8 Å². The molecule has 2 rings (SSSR count). The molecule has 1 aromatic rings. The smallest absolute Gasteiger partial charge is 0.357 e. The van der Waals surface area contributed by atoms with Crippen LogP contribution in [0.15, 0.2) is 29.3 Å². The normalized spacial score (nSPS) is 19.9. The Balaban J connectivity index is 1.82. The Morgan fingerprint density at radius 3 is 2.59 bits per heavy atom. The molecule has 1 heterocycles. The molecule has 2 unspecified atom stereocenters. The largest absolute Gasteiger partial charge is 0.401 e. The molecule has 1 aliphatic heterocycles. The van der Waals surface area contributed by atoms with Crippen molar-refractivity contribution in [2.24, 2.45) is 10.9 Å². The van der Waals surface area contributed by atoms with Crippen LogP contribution < -0.4 is 10.6 Å². The lowest BCUT2D eigenvalue weighted by Gasteiger charge is -2.19. The molecule has 1 aromatic carbocycles. The van der Waals surface area contributed by atoms with E-state index in [1.807, 2.05) is 6.92 Å². The predicted molar refractivity (Wildman–Crippen MR) is 104 cm³/mol. The third-order valence-electron chi connectivity index (χ3n) is 4.84. The highest BCUT2D eigenvalue weighted by atomic mass is 19.4. The predicted octanol–water partition coefficient (Wildman–Crippen LogP) is 3.54. The van der Waals surface area contributed by atoms with Gasteiger partial charge in [0.2, 0.25) is 0 Å². The van der Waals surface area contributed by atoms with Gasteiger partial charge in [0.25, 0.3) is 0 Å². The zero-order valence-electron chi connectivity index (χ0n) is 16.4. The van der Waals surface area contributed by atoms with Gasteiger partial charge < -0.3 is 10.6 Å². The van der Waals surface area contributed by atoms with Crippen molar-refractivity contribution in [2.45, 2.75) is 39.3 Å². The van der Waals surface area contributed by atoms with E-state index in [2.05, 4.69) is 53.7 Å². The molecular weight excluding hydrogens is 353 g/mol. The summed E-state index contributed by atoms with van der Waals surface area (Å²) in [5.41, 5.74) is 2.49. The summed E-state index contributed by atoms with van der Waals surface area (Å²) in [6.07, 6.45) is -3.34. The first-order chi connectivity index (χ1) is 12.8. The van der Waals surface area contributed by atoms with Crippen molar-refractivity contribution in [3.8, 4) is 0 Å². The lowest BCUT2D eigenvalue weighted by Crippen LogP contribution is -2.41. The van der Waals surface area contributed by atoms with Crippen molar-refractivity contribution < 1.29 is 13.2 Å². The Morgan fingerprint density at radius 2 is 1.96 bits per heavy atom. The molecule has 1 saturated heterocycles. The Hall–Kier alpha value is -1.76. The summed E-state index contributed by atoms with van der Waals surface area (Å²) in [6.45, 7) is 8.42. The summed E-state index contributed by atoms with van der Waals surface area (Å²) in [7, 11) is 0. The van der Waals surface area contributed by atoms with Crippen LogP contribution in [0.3, 0.4) is 0 Å². The number of rotatable bonds is 7. The minimum Gasteiger partial charge on any atom is -0.357 e. The van der Waals surface area contributed by atoms with Crippen molar-refractivity contribution in [2.75, 3.05) is 39.3 Å². The van der Waals surface area contributed by atoms with Gasteiger partial charge in [-0.25, -0.2) is 0 Å². The summed E-state index contributed by atoms with van der Waals surface area (Å²) in [5, 5.41) is 6.51. The van der Waals surface area contributed by atoms with Crippen molar-refractivity contribution in [1.29, 1.82) is 0 Å². The molecule has 1 fully saturated rings. The van der Waals surface area contributed by atoms with E-state index in [4.69, 9.17) is 0 Å². The molecule has 152 valence electrons. The molecule has 0 saturated carbocycles. The van der Waals surface area contributed by atoms with Gasteiger partial charge >= 0.3 is 6.18 Å². The lowest BCUT2D eigenvalue weighted by molar-refractivity contribution is -0.143. The van der Waals surface area contributed by atoms with Gasteiger partial charge in [-0.15, -0.1) is 0 Å². The number of aryl methyl sites for hydroxylation is 1. The van der Waals surface area contributed by atoms with Gasteiger partial charge in [0, 0.05) is 32.1 Å². The average Bonchev–Trinajstić information content (AvgIpc) is 3.03. The first kappa shape index (κ1) is 21.5. The van der Waals surface area contributed by atoms with E-state index in [0.29, 0.717) is 32.1 Å². The number of halogens is 3. The van der Waals surface area contributed by atoms with Crippen molar-refractivity contribution in [3.05, 3.63) is 35.4 Å². The molecule has 2 N–H and O–H groups in total. The van der Waals surface area contributed by atoms with Crippen molar-refractivity contribution in [1.82, 2.24) is 15.5 Å². The van der Waals surface area contributed by atoms with E-state index >= 15 is 0 Å². The highest BCUT2D eigenvalue weighted by Crippen LogP contribution is 2.22. The van der Waals surface area contributed by atoms with E-state index in [-0.39, 0.29) is 5.92 Å². The number of alkyl halides is 3. The van der Waals surface area contributed by atoms with Crippen LogP contribution in [-0.4, -0.2) is 56.3 Å². The average molecular weight is 384 g/mol. The molecule has 0 radical (unpaired) electrons. The molecule has 0 aromatic heterocycles. The fourth-order valence-electron chi connectivity index (χ4n) is 3.29. The Kier molecular flexibility index (Phi) is 7.95. The van der Waals surface area contributed by atoms with Crippen LogP contribution in [0.25, 0.3) is 0 Å². The van der Waals surface area contributed by atoms with Crippen LogP contribution in [0.1, 0.15) is 37.3 Å². The van der Waals surface area contributed by atoms with Crippen LogP contribution in [-0.2, 0) is 0 Å². The second-order valence-electron chi connectivity index (χ2n) is 7.42. The van der Waals surface area contributed by atoms with E-state index < -0.39 is 12.7 Å². The standard InChI is InChI=1S/C20H31F3N4/c1-4-24-19(25-11-16(3)18-7-5-15(2)6-8-18)26-12-17-9-10-27(13-17)14-20(21,22)23/h5-8,16-17H,4,9-14H2,1-3H3,(H2,24,25,26). The second-order valence-corrected chi connectivity index (χ2v) is 7.42. The highest BCUT2D eigenvalue weighted by molar-refractivity contribution is 5.79. The molecule has 0 bridgehead atoms. The zero-order valence-corrected chi connectivity index (χ0v) is 16.4. The van der Waals surface area contributed by atoms with E-state index in [1.165, 1.54) is 16.0 Å². The molecule has 0 aliphatic carbocycles. The number of aliphatic imine (C=N–C) groups is 1. The van der Waals surface area contributed by atoms with Crippen LogP contribution in [0.4, 0.5) is 13.2 Å². The minimum atomic E-state index is -4.12. The number of guanidine groups is 1. The first-order valence-electron chi connectivity index (χ1n) is 9.64. The maximum atomic E-state index is 12.5. The summed E-state index contributed by atoms with van der Waals surface area (Å²) in [6, 6.07) is 8.46. The number of nitrogens with zero attached hydrogens (tertiary/aromatic N) is 2. The summed E-state index contributed by atoms with van der Waals surface area (Å²) in [4.78, 5) is 6.13. The van der Waals surface area contributed by atoms with Gasteiger partial charge in [-0.2, -0.15) is 13.2 Å². The Morgan fingerprint density at radius 1 is 1.26 bits per heavy atom. The molecular formula is C20H31F3N4. The highest BCUT2D eigenvalue weighted by Gasteiger charge is 2.34. The van der Waals surface area contributed by atoms with E-state index in [0.717, 1.165) is 18.9 Å². The maximum Gasteiger partial charge on any atom is 0.401 e. The van der Waals surface area contributed by atoms with Crippen LogP contribution in [0.5, 0.6) is 0 Å². The van der Waals surface area contributed by atoms with E-state index in [9.17, 15) is 13.2 Å². The number of hydrogen-bond acceptors (Lipinski definition) is 2.